The molecule has 3 aromatic rings. The third-order valence-corrected chi connectivity index (χ3v) is 5.06. The number of aromatic carboxylic acids is 1. The van der Waals surface area contributed by atoms with Gasteiger partial charge in [-0.15, -0.1) is 0 Å². The monoisotopic (exact) mass is 474 g/mol. The Balaban J connectivity index is 1.66. The van der Waals surface area contributed by atoms with Crippen molar-refractivity contribution in [3.8, 4) is 11.5 Å². The van der Waals surface area contributed by atoms with Gasteiger partial charge in [-0.2, -0.15) is 13.2 Å². The smallest absolute Gasteiger partial charge is 0.420 e. The van der Waals surface area contributed by atoms with Crippen molar-refractivity contribution in [1.29, 1.82) is 0 Å². The molecule has 1 heterocycles. The quantitative estimate of drug-likeness (QED) is 0.429. The fraction of sp³-hybridized carbons (Fsp3) is 0.0833. The van der Waals surface area contributed by atoms with E-state index in [1.807, 2.05) is 0 Å². The number of alkyl halides is 3. The summed E-state index contributed by atoms with van der Waals surface area (Å²) in [6.45, 7) is 3.83. The Morgan fingerprint density at radius 2 is 1.82 bits per heavy atom. The van der Waals surface area contributed by atoms with E-state index in [1.165, 1.54) is 24.5 Å². The van der Waals surface area contributed by atoms with Crippen molar-refractivity contribution >= 4 is 23.7 Å². The summed E-state index contributed by atoms with van der Waals surface area (Å²) in [5.74, 6) is -3.49. The normalized spacial score (nSPS) is 13.1. The van der Waals surface area contributed by atoms with Gasteiger partial charge in [-0.05, 0) is 42.5 Å². The molecule has 0 fully saturated rings. The molecule has 0 aromatic heterocycles. The highest BCUT2D eigenvalue weighted by atomic mass is 19.4. The minimum absolute atomic E-state index is 0.0188. The summed E-state index contributed by atoms with van der Waals surface area (Å²) in [5.41, 5.74) is -0.299. The molecule has 0 saturated carbocycles. The average molecular weight is 474 g/mol. The van der Waals surface area contributed by atoms with Crippen LogP contribution in [0.5, 0.6) is 11.5 Å². The van der Waals surface area contributed by atoms with Gasteiger partial charge in [0.15, 0.2) is 0 Å². The minimum Gasteiger partial charge on any atom is -0.478 e. The van der Waals surface area contributed by atoms with E-state index in [0.29, 0.717) is 23.0 Å². The number of fused-ring (bicyclic) bond motifs is 1. The SMILES string of the molecule is C=C1N=CN(Cc2ccc(F)cc2F)c2ccc(Oc3ccc(C(=O)O)cc3C(F)(F)F)cc21. The Kier molecular flexibility index (Phi) is 5.82. The first kappa shape index (κ1) is 23.0. The predicted octanol–water partition coefficient (Wildman–Crippen LogP) is 6.49. The molecule has 1 aliphatic heterocycles. The molecule has 10 heteroatoms. The number of aliphatic imine (C=N–C) groups is 1. The molecule has 3 aromatic carbocycles. The zero-order valence-corrected chi connectivity index (χ0v) is 17.2. The van der Waals surface area contributed by atoms with E-state index in [-0.39, 0.29) is 17.9 Å². The molecular formula is C24H15F5N2O3. The Morgan fingerprint density at radius 3 is 2.50 bits per heavy atom. The molecular weight excluding hydrogens is 459 g/mol. The van der Waals surface area contributed by atoms with Crippen LogP contribution < -0.4 is 9.64 Å². The number of hydrogen-bond acceptors (Lipinski definition) is 4. The van der Waals surface area contributed by atoms with Crippen LogP contribution in [0.25, 0.3) is 5.70 Å². The number of rotatable bonds is 5. The Bertz CT molecular complexity index is 1330. The maximum absolute atomic E-state index is 14.1. The van der Waals surface area contributed by atoms with Crippen LogP contribution in [0.15, 0.2) is 66.2 Å². The van der Waals surface area contributed by atoms with Crippen molar-refractivity contribution in [1.82, 2.24) is 0 Å². The Morgan fingerprint density at radius 1 is 1.06 bits per heavy atom. The third-order valence-electron chi connectivity index (χ3n) is 5.06. The maximum Gasteiger partial charge on any atom is 0.420 e. The minimum atomic E-state index is -4.85. The van der Waals surface area contributed by atoms with E-state index >= 15 is 0 Å². The molecule has 0 unspecified atom stereocenters. The molecule has 0 saturated heterocycles. The topological polar surface area (TPSA) is 62.1 Å². The maximum atomic E-state index is 14.1. The van der Waals surface area contributed by atoms with Crippen LogP contribution in [-0.2, 0) is 12.7 Å². The van der Waals surface area contributed by atoms with E-state index in [4.69, 9.17) is 9.84 Å². The van der Waals surface area contributed by atoms with Gasteiger partial charge in [-0.1, -0.05) is 12.6 Å². The lowest BCUT2D eigenvalue weighted by Gasteiger charge is -2.27. The lowest BCUT2D eigenvalue weighted by Crippen LogP contribution is -2.24. The molecule has 0 spiro atoms. The second-order valence-electron chi connectivity index (χ2n) is 7.35. The number of halogens is 5. The first-order chi connectivity index (χ1) is 16.0. The number of benzene rings is 3. The molecule has 1 aliphatic rings. The van der Waals surface area contributed by atoms with Gasteiger partial charge >= 0.3 is 12.1 Å². The van der Waals surface area contributed by atoms with Crippen LogP contribution >= 0.6 is 0 Å². The Hall–Kier alpha value is -4.21. The fourth-order valence-electron chi connectivity index (χ4n) is 3.39. The van der Waals surface area contributed by atoms with Crippen LogP contribution in [-0.4, -0.2) is 17.4 Å². The molecule has 4 rings (SSSR count). The van der Waals surface area contributed by atoms with Gasteiger partial charge in [0.1, 0.15) is 23.1 Å². The average Bonchev–Trinajstić information content (AvgIpc) is 2.77. The van der Waals surface area contributed by atoms with Crippen molar-refractivity contribution in [2.24, 2.45) is 4.99 Å². The third kappa shape index (κ3) is 4.61. The van der Waals surface area contributed by atoms with Crippen molar-refractivity contribution in [3.05, 3.63) is 95.1 Å². The van der Waals surface area contributed by atoms with Gasteiger partial charge in [0.25, 0.3) is 0 Å². The van der Waals surface area contributed by atoms with E-state index in [0.717, 1.165) is 24.3 Å². The number of nitrogens with zero attached hydrogens (tertiary/aromatic N) is 2. The van der Waals surface area contributed by atoms with Crippen LogP contribution in [0.3, 0.4) is 0 Å². The van der Waals surface area contributed by atoms with Crippen LogP contribution in [0.2, 0.25) is 0 Å². The molecule has 174 valence electrons. The van der Waals surface area contributed by atoms with E-state index in [2.05, 4.69) is 11.6 Å². The molecule has 34 heavy (non-hydrogen) atoms. The molecule has 0 atom stereocenters. The Labute approximate surface area is 190 Å². The van der Waals surface area contributed by atoms with E-state index in [9.17, 15) is 26.7 Å². The molecule has 0 bridgehead atoms. The lowest BCUT2D eigenvalue weighted by molar-refractivity contribution is -0.138. The summed E-state index contributed by atoms with van der Waals surface area (Å²) in [4.78, 5) is 16.8. The number of carboxylic acid groups (broad SMARTS) is 1. The first-order valence-electron chi connectivity index (χ1n) is 9.73. The summed E-state index contributed by atoms with van der Waals surface area (Å²) in [5, 5.41) is 9.00. The zero-order valence-electron chi connectivity index (χ0n) is 17.2. The van der Waals surface area contributed by atoms with Gasteiger partial charge in [-0.3, -0.25) is 0 Å². The predicted molar refractivity (Wildman–Crippen MR) is 115 cm³/mol. The molecule has 0 radical (unpaired) electrons. The van der Waals surface area contributed by atoms with Gasteiger partial charge in [-0.25, -0.2) is 18.6 Å². The van der Waals surface area contributed by atoms with E-state index < -0.39 is 40.7 Å². The van der Waals surface area contributed by atoms with Crippen LogP contribution in [0.1, 0.15) is 27.0 Å². The van der Waals surface area contributed by atoms with Crippen LogP contribution in [0, 0.1) is 11.6 Å². The van der Waals surface area contributed by atoms with Gasteiger partial charge in [0.2, 0.25) is 0 Å². The lowest BCUT2D eigenvalue weighted by atomic mass is 10.1. The summed E-state index contributed by atoms with van der Waals surface area (Å²) >= 11 is 0. The highest BCUT2D eigenvalue weighted by Crippen LogP contribution is 2.41. The van der Waals surface area contributed by atoms with Crippen molar-refractivity contribution in [2.45, 2.75) is 12.7 Å². The first-order valence-corrected chi connectivity index (χ1v) is 9.73. The second-order valence-corrected chi connectivity index (χ2v) is 7.35. The summed E-state index contributed by atoms with van der Waals surface area (Å²) in [7, 11) is 0. The van der Waals surface area contributed by atoms with Crippen LogP contribution in [0.4, 0.5) is 27.6 Å². The molecule has 0 aliphatic carbocycles. The second kappa shape index (κ2) is 8.62. The number of carbonyl (C=O) groups is 1. The van der Waals surface area contributed by atoms with Crippen molar-refractivity contribution < 1.29 is 36.6 Å². The molecule has 5 nitrogen and oxygen atoms in total. The van der Waals surface area contributed by atoms with E-state index in [1.54, 1.807) is 11.0 Å². The van der Waals surface area contributed by atoms with Gasteiger partial charge < -0.3 is 14.7 Å². The van der Waals surface area contributed by atoms with Gasteiger partial charge in [0, 0.05) is 17.2 Å². The summed E-state index contributed by atoms with van der Waals surface area (Å²) in [6, 6.07) is 10.0. The fourth-order valence-corrected chi connectivity index (χ4v) is 3.39. The highest BCUT2D eigenvalue weighted by molar-refractivity contribution is 5.94. The van der Waals surface area contributed by atoms with Crippen molar-refractivity contribution in [3.63, 3.8) is 0 Å². The summed E-state index contributed by atoms with van der Waals surface area (Å²) in [6.07, 6.45) is -3.43. The number of anilines is 1. The number of carboxylic acids is 1. The van der Waals surface area contributed by atoms with Crippen molar-refractivity contribution in [2.75, 3.05) is 4.90 Å². The standard InChI is InChI=1S/C24H15F5N2O3/c1-13-18-10-17(34-22-7-3-14(23(32)33)8-19(22)24(27,28)29)5-6-21(18)31(12-30-13)11-15-2-4-16(25)9-20(15)26/h2-10,12H,1,11H2,(H,32,33). The molecule has 0 amide bonds. The zero-order chi connectivity index (χ0) is 24.6. The number of hydrogen-bond donors (Lipinski definition) is 1. The largest absolute Gasteiger partial charge is 0.478 e. The highest BCUT2D eigenvalue weighted by Gasteiger charge is 2.35. The number of ether oxygens (including phenoxy) is 1. The van der Waals surface area contributed by atoms with Gasteiger partial charge in [0.05, 0.1) is 35.4 Å². The summed E-state index contributed by atoms with van der Waals surface area (Å²) < 4.78 is 73.2. The molecule has 1 N–H and O–H groups in total.